The molecule has 0 spiro atoms. The van der Waals surface area contributed by atoms with Crippen LogP contribution < -0.4 is 0 Å². The molecule has 0 radical (unpaired) electrons. The minimum atomic E-state index is -2.64. The molecule has 1 rings (SSSR count). The number of hydrogen-bond acceptors (Lipinski definition) is 2. The number of aliphatic carboxylic acids is 1. The summed E-state index contributed by atoms with van der Waals surface area (Å²) in [7, 11) is 1.60. The summed E-state index contributed by atoms with van der Waals surface area (Å²) >= 11 is 0. The topological polar surface area (TPSA) is 40.5 Å². The van der Waals surface area contributed by atoms with Gasteiger partial charge in [-0.05, 0) is 13.5 Å². The second-order valence-corrected chi connectivity index (χ2v) is 3.56. The van der Waals surface area contributed by atoms with Gasteiger partial charge in [-0.3, -0.25) is 9.69 Å². The molecule has 76 valence electrons. The van der Waals surface area contributed by atoms with Gasteiger partial charge in [0.1, 0.15) is 0 Å². The number of alkyl halides is 2. The van der Waals surface area contributed by atoms with Gasteiger partial charge in [-0.25, -0.2) is 8.78 Å². The van der Waals surface area contributed by atoms with Crippen molar-refractivity contribution >= 4 is 5.97 Å². The predicted octanol–water partition coefficient (Wildman–Crippen LogP) is 1.19. The summed E-state index contributed by atoms with van der Waals surface area (Å²) in [5.74, 6) is -3.57. The fourth-order valence-corrected chi connectivity index (χ4v) is 1.67. The van der Waals surface area contributed by atoms with Gasteiger partial charge in [0.2, 0.25) is 0 Å². The molecule has 3 nitrogen and oxygen atoms in total. The molecule has 0 bridgehead atoms. The van der Waals surface area contributed by atoms with Crippen LogP contribution in [0.3, 0.4) is 0 Å². The van der Waals surface area contributed by atoms with Gasteiger partial charge in [-0.15, -0.1) is 0 Å². The SMILES string of the molecule is CN1CC(F)(F)CC1CCC(=O)O. The van der Waals surface area contributed by atoms with Crippen molar-refractivity contribution in [2.45, 2.75) is 31.2 Å². The number of carboxylic acids is 1. The van der Waals surface area contributed by atoms with Gasteiger partial charge in [-0.1, -0.05) is 0 Å². The second kappa shape index (κ2) is 3.57. The number of carboxylic acid groups (broad SMARTS) is 1. The number of carbonyl (C=O) groups is 1. The average molecular weight is 193 g/mol. The molecule has 0 aromatic carbocycles. The minimum Gasteiger partial charge on any atom is -0.481 e. The Bertz CT molecular complexity index is 208. The Labute approximate surface area is 75.3 Å². The van der Waals surface area contributed by atoms with Crippen LogP contribution in [0, 0.1) is 0 Å². The zero-order valence-electron chi connectivity index (χ0n) is 7.46. The molecule has 0 aliphatic carbocycles. The molecule has 1 unspecified atom stereocenters. The van der Waals surface area contributed by atoms with Gasteiger partial charge in [0.25, 0.3) is 5.92 Å². The Morgan fingerprint density at radius 2 is 2.31 bits per heavy atom. The standard InChI is InChI=1S/C8H13F2NO2/c1-11-5-8(9,10)4-6(11)2-3-7(12)13/h6H,2-5H2,1H3,(H,12,13). The Balaban J connectivity index is 2.39. The number of halogens is 2. The molecule has 0 aromatic rings. The van der Waals surface area contributed by atoms with Crippen LogP contribution in [0.4, 0.5) is 8.78 Å². The molecule has 1 N–H and O–H groups in total. The molecule has 1 heterocycles. The first-order valence-corrected chi connectivity index (χ1v) is 4.20. The smallest absolute Gasteiger partial charge is 0.303 e. The molecule has 1 aliphatic rings. The molecule has 0 saturated carbocycles. The van der Waals surface area contributed by atoms with E-state index in [-0.39, 0.29) is 25.4 Å². The van der Waals surface area contributed by atoms with E-state index >= 15 is 0 Å². The van der Waals surface area contributed by atoms with Crippen molar-refractivity contribution in [3.05, 3.63) is 0 Å². The van der Waals surface area contributed by atoms with E-state index in [1.807, 2.05) is 0 Å². The Hall–Kier alpha value is -0.710. The van der Waals surface area contributed by atoms with Crippen LogP contribution in [-0.4, -0.2) is 41.5 Å². The van der Waals surface area contributed by atoms with Crippen LogP contribution >= 0.6 is 0 Å². The molecule has 0 amide bonds. The highest BCUT2D eigenvalue weighted by Gasteiger charge is 2.42. The highest BCUT2D eigenvalue weighted by atomic mass is 19.3. The highest BCUT2D eigenvalue weighted by molar-refractivity contribution is 5.66. The molecular formula is C8H13F2NO2. The second-order valence-electron chi connectivity index (χ2n) is 3.56. The van der Waals surface area contributed by atoms with Crippen LogP contribution in [0.2, 0.25) is 0 Å². The van der Waals surface area contributed by atoms with Gasteiger partial charge in [0, 0.05) is 18.9 Å². The summed E-state index contributed by atoms with van der Waals surface area (Å²) in [4.78, 5) is 11.7. The van der Waals surface area contributed by atoms with Crippen molar-refractivity contribution in [2.24, 2.45) is 0 Å². The van der Waals surface area contributed by atoms with E-state index in [4.69, 9.17) is 5.11 Å². The monoisotopic (exact) mass is 193 g/mol. The summed E-state index contributed by atoms with van der Waals surface area (Å²) in [6.07, 6.45) is 0.0588. The van der Waals surface area contributed by atoms with Crippen molar-refractivity contribution in [3.63, 3.8) is 0 Å². The third-order valence-corrected chi connectivity index (χ3v) is 2.33. The van der Waals surface area contributed by atoms with E-state index in [1.165, 1.54) is 4.90 Å². The van der Waals surface area contributed by atoms with E-state index in [0.29, 0.717) is 6.42 Å². The maximum absolute atomic E-state index is 12.8. The lowest BCUT2D eigenvalue weighted by molar-refractivity contribution is -0.137. The zero-order valence-corrected chi connectivity index (χ0v) is 7.46. The first-order chi connectivity index (χ1) is 5.91. The summed E-state index contributed by atoms with van der Waals surface area (Å²) in [5.41, 5.74) is 0. The van der Waals surface area contributed by atoms with Crippen LogP contribution in [0.15, 0.2) is 0 Å². The first-order valence-electron chi connectivity index (χ1n) is 4.20. The Morgan fingerprint density at radius 1 is 1.69 bits per heavy atom. The molecular weight excluding hydrogens is 180 g/mol. The van der Waals surface area contributed by atoms with Gasteiger partial charge >= 0.3 is 5.97 Å². The zero-order chi connectivity index (χ0) is 10.1. The van der Waals surface area contributed by atoms with E-state index < -0.39 is 11.9 Å². The van der Waals surface area contributed by atoms with Gasteiger partial charge in [0.05, 0.1) is 6.54 Å². The number of hydrogen-bond donors (Lipinski definition) is 1. The van der Waals surface area contributed by atoms with Gasteiger partial charge in [-0.2, -0.15) is 0 Å². The van der Waals surface area contributed by atoms with E-state index in [9.17, 15) is 13.6 Å². The lowest BCUT2D eigenvalue weighted by atomic mass is 10.1. The molecule has 0 aromatic heterocycles. The quantitative estimate of drug-likeness (QED) is 0.731. The van der Waals surface area contributed by atoms with Crippen molar-refractivity contribution in [1.29, 1.82) is 0 Å². The third-order valence-electron chi connectivity index (χ3n) is 2.33. The van der Waals surface area contributed by atoms with Gasteiger partial charge < -0.3 is 5.11 Å². The van der Waals surface area contributed by atoms with Crippen LogP contribution in [0.1, 0.15) is 19.3 Å². The lowest BCUT2D eigenvalue weighted by Crippen LogP contribution is -2.26. The fraction of sp³-hybridized carbons (Fsp3) is 0.875. The van der Waals surface area contributed by atoms with E-state index in [2.05, 4.69) is 0 Å². The Kier molecular flexibility index (Phi) is 2.85. The summed E-state index contributed by atoms with van der Waals surface area (Å²) in [6.45, 7) is -0.253. The summed E-state index contributed by atoms with van der Waals surface area (Å²) in [6, 6.07) is -0.286. The van der Waals surface area contributed by atoms with Crippen LogP contribution in [0.5, 0.6) is 0 Å². The van der Waals surface area contributed by atoms with Crippen molar-refractivity contribution < 1.29 is 18.7 Å². The largest absolute Gasteiger partial charge is 0.481 e. The molecule has 1 atom stereocenters. The normalized spacial score (nSPS) is 27.8. The summed E-state index contributed by atoms with van der Waals surface area (Å²) < 4.78 is 25.6. The van der Waals surface area contributed by atoms with Crippen molar-refractivity contribution in [3.8, 4) is 0 Å². The van der Waals surface area contributed by atoms with Crippen LogP contribution in [0.25, 0.3) is 0 Å². The van der Waals surface area contributed by atoms with Crippen LogP contribution in [-0.2, 0) is 4.79 Å². The van der Waals surface area contributed by atoms with E-state index in [1.54, 1.807) is 7.05 Å². The number of nitrogens with zero attached hydrogens (tertiary/aromatic N) is 1. The molecule has 5 heteroatoms. The summed E-state index contributed by atoms with van der Waals surface area (Å²) in [5, 5.41) is 8.38. The average Bonchev–Trinajstić information content (AvgIpc) is 2.20. The molecule has 1 saturated heterocycles. The predicted molar refractivity (Wildman–Crippen MR) is 42.9 cm³/mol. The van der Waals surface area contributed by atoms with Crippen molar-refractivity contribution in [1.82, 2.24) is 4.90 Å². The maximum Gasteiger partial charge on any atom is 0.303 e. The Morgan fingerprint density at radius 3 is 2.69 bits per heavy atom. The first kappa shape index (κ1) is 10.4. The molecule has 1 aliphatic heterocycles. The lowest BCUT2D eigenvalue weighted by Gasteiger charge is -2.16. The molecule has 13 heavy (non-hydrogen) atoms. The minimum absolute atomic E-state index is 0.0366. The molecule has 1 fully saturated rings. The maximum atomic E-state index is 12.8. The van der Waals surface area contributed by atoms with E-state index in [0.717, 1.165) is 0 Å². The van der Waals surface area contributed by atoms with Gasteiger partial charge in [0.15, 0.2) is 0 Å². The van der Waals surface area contributed by atoms with Crippen molar-refractivity contribution in [2.75, 3.05) is 13.6 Å². The number of likely N-dealkylation sites (tertiary alicyclic amines) is 1. The highest BCUT2D eigenvalue weighted by Crippen LogP contribution is 2.32. The fourth-order valence-electron chi connectivity index (χ4n) is 1.67. The third kappa shape index (κ3) is 2.91. The number of rotatable bonds is 3.